The standard InChI is InChI=1S/C13H12N2O4/c16-11-7-3-4-8(6-7)12(17)15(11)10-9(13(18)19)2-1-5-14-10/h1-2,5,7-8H,3-4,6H2,(H,18,19). The number of imide groups is 1. The summed E-state index contributed by atoms with van der Waals surface area (Å²) < 4.78 is 0. The summed E-state index contributed by atoms with van der Waals surface area (Å²) in [7, 11) is 0. The van der Waals surface area contributed by atoms with E-state index in [1.54, 1.807) is 0 Å². The summed E-state index contributed by atoms with van der Waals surface area (Å²) in [5.74, 6) is -2.24. The van der Waals surface area contributed by atoms with Gasteiger partial charge in [0.1, 0.15) is 5.56 Å². The Kier molecular flexibility index (Phi) is 2.58. The van der Waals surface area contributed by atoms with Crippen molar-refractivity contribution in [3.8, 4) is 0 Å². The number of fused-ring (bicyclic) bond motifs is 2. The van der Waals surface area contributed by atoms with Crippen LogP contribution < -0.4 is 4.90 Å². The maximum absolute atomic E-state index is 12.2. The van der Waals surface area contributed by atoms with Gasteiger partial charge in [-0.05, 0) is 31.4 Å². The number of rotatable bonds is 2. The Morgan fingerprint density at radius 1 is 1.26 bits per heavy atom. The largest absolute Gasteiger partial charge is 0.478 e. The monoisotopic (exact) mass is 260 g/mol. The van der Waals surface area contributed by atoms with E-state index in [-0.39, 0.29) is 35.0 Å². The minimum absolute atomic E-state index is 0.0541. The molecule has 2 bridgehead atoms. The number of aromatic nitrogens is 1. The topological polar surface area (TPSA) is 87.6 Å². The molecule has 0 radical (unpaired) electrons. The molecule has 98 valence electrons. The molecule has 19 heavy (non-hydrogen) atoms. The number of hydrogen-bond donors (Lipinski definition) is 1. The van der Waals surface area contributed by atoms with Crippen LogP contribution in [0, 0.1) is 11.8 Å². The fraction of sp³-hybridized carbons (Fsp3) is 0.385. The molecule has 2 fully saturated rings. The Bertz CT molecular complexity index is 562. The number of aromatic carboxylic acids is 1. The molecule has 1 aromatic heterocycles. The summed E-state index contributed by atoms with van der Waals surface area (Å²) in [6.07, 6.45) is 3.37. The molecule has 2 heterocycles. The highest BCUT2D eigenvalue weighted by molar-refractivity contribution is 6.20. The summed E-state index contributed by atoms with van der Waals surface area (Å²) in [6, 6.07) is 2.82. The number of anilines is 1. The molecule has 3 rings (SSSR count). The number of carboxylic acids is 1. The maximum atomic E-state index is 12.2. The molecule has 1 saturated carbocycles. The number of carboxylic acid groups (broad SMARTS) is 1. The molecule has 2 unspecified atom stereocenters. The predicted molar refractivity (Wildman–Crippen MR) is 64.5 cm³/mol. The van der Waals surface area contributed by atoms with Gasteiger partial charge in [-0.2, -0.15) is 0 Å². The van der Waals surface area contributed by atoms with Gasteiger partial charge >= 0.3 is 5.97 Å². The van der Waals surface area contributed by atoms with Gasteiger partial charge in [0.2, 0.25) is 11.8 Å². The highest BCUT2D eigenvalue weighted by Gasteiger charge is 2.47. The lowest BCUT2D eigenvalue weighted by atomic mass is 9.96. The van der Waals surface area contributed by atoms with E-state index in [2.05, 4.69) is 4.98 Å². The summed E-state index contributed by atoms with van der Waals surface area (Å²) in [5, 5.41) is 9.13. The highest BCUT2D eigenvalue weighted by atomic mass is 16.4. The first-order valence-corrected chi connectivity index (χ1v) is 6.15. The SMILES string of the molecule is O=C(O)c1cccnc1N1C(=O)C2CCC(C2)C1=O. The summed E-state index contributed by atoms with van der Waals surface area (Å²) in [5.41, 5.74) is -0.120. The van der Waals surface area contributed by atoms with E-state index in [1.165, 1.54) is 18.3 Å². The van der Waals surface area contributed by atoms with Gasteiger partial charge in [-0.15, -0.1) is 0 Å². The lowest BCUT2D eigenvalue weighted by Crippen LogP contribution is -2.47. The lowest BCUT2D eigenvalue weighted by molar-refractivity contribution is -0.133. The number of nitrogens with zero attached hydrogens (tertiary/aromatic N) is 2. The molecule has 6 heteroatoms. The first-order valence-electron chi connectivity index (χ1n) is 6.15. The third kappa shape index (κ3) is 1.71. The Balaban J connectivity index is 2.09. The molecule has 2 atom stereocenters. The second-order valence-corrected chi connectivity index (χ2v) is 4.90. The van der Waals surface area contributed by atoms with Gasteiger partial charge in [-0.3, -0.25) is 9.59 Å². The molecule has 0 aromatic carbocycles. The summed E-state index contributed by atoms with van der Waals surface area (Å²) in [6.45, 7) is 0. The van der Waals surface area contributed by atoms with E-state index >= 15 is 0 Å². The molecule has 1 aliphatic heterocycles. The molecular weight excluding hydrogens is 248 g/mol. The Morgan fingerprint density at radius 2 is 1.89 bits per heavy atom. The van der Waals surface area contributed by atoms with Crippen LogP contribution in [0.5, 0.6) is 0 Å². The zero-order valence-corrected chi connectivity index (χ0v) is 10.1. The number of carbonyl (C=O) groups excluding carboxylic acids is 2. The predicted octanol–water partition coefficient (Wildman–Crippen LogP) is 1.07. The first kappa shape index (κ1) is 11.8. The average molecular weight is 260 g/mol. The van der Waals surface area contributed by atoms with E-state index < -0.39 is 5.97 Å². The van der Waals surface area contributed by atoms with Crippen molar-refractivity contribution >= 4 is 23.6 Å². The van der Waals surface area contributed by atoms with Crippen molar-refractivity contribution in [2.45, 2.75) is 19.3 Å². The van der Waals surface area contributed by atoms with E-state index in [9.17, 15) is 14.4 Å². The zero-order chi connectivity index (χ0) is 13.6. The van der Waals surface area contributed by atoms with Crippen LogP contribution in [0.4, 0.5) is 5.82 Å². The van der Waals surface area contributed by atoms with Crippen molar-refractivity contribution in [3.63, 3.8) is 0 Å². The van der Waals surface area contributed by atoms with Gasteiger partial charge in [0.05, 0.1) is 0 Å². The molecule has 1 saturated heterocycles. The van der Waals surface area contributed by atoms with Crippen molar-refractivity contribution in [1.29, 1.82) is 0 Å². The van der Waals surface area contributed by atoms with Crippen molar-refractivity contribution in [2.24, 2.45) is 11.8 Å². The summed E-state index contributed by atoms with van der Waals surface area (Å²) in [4.78, 5) is 40.5. The minimum Gasteiger partial charge on any atom is -0.478 e. The Morgan fingerprint density at radius 3 is 2.47 bits per heavy atom. The molecule has 0 spiro atoms. The van der Waals surface area contributed by atoms with Crippen LogP contribution in [0.3, 0.4) is 0 Å². The Hall–Kier alpha value is -2.24. The molecule has 6 nitrogen and oxygen atoms in total. The number of amides is 2. The van der Waals surface area contributed by atoms with Crippen LogP contribution in [0.1, 0.15) is 29.6 Å². The van der Waals surface area contributed by atoms with Crippen molar-refractivity contribution in [3.05, 3.63) is 23.9 Å². The van der Waals surface area contributed by atoms with Gasteiger partial charge in [-0.1, -0.05) is 0 Å². The van der Waals surface area contributed by atoms with Crippen molar-refractivity contribution in [2.75, 3.05) is 4.90 Å². The fourth-order valence-corrected chi connectivity index (χ4v) is 2.85. The van der Waals surface area contributed by atoms with Gasteiger partial charge < -0.3 is 5.11 Å². The summed E-state index contributed by atoms with van der Waals surface area (Å²) >= 11 is 0. The molecule has 1 N–H and O–H groups in total. The number of piperidine rings is 1. The second-order valence-electron chi connectivity index (χ2n) is 4.90. The highest BCUT2D eigenvalue weighted by Crippen LogP contribution is 2.40. The van der Waals surface area contributed by atoms with Gasteiger partial charge in [0.25, 0.3) is 0 Å². The number of hydrogen-bond acceptors (Lipinski definition) is 4. The third-order valence-corrected chi connectivity index (χ3v) is 3.80. The normalized spacial score (nSPS) is 25.8. The van der Waals surface area contributed by atoms with E-state index in [1.807, 2.05) is 0 Å². The first-order chi connectivity index (χ1) is 9.09. The van der Waals surface area contributed by atoms with Crippen LogP contribution in [0.25, 0.3) is 0 Å². The zero-order valence-electron chi connectivity index (χ0n) is 10.1. The number of pyridine rings is 1. The second kappa shape index (κ2) is 4.15. The van der Waals surface area contributed by atoms with Crippen LogP contribution in [-0.4, -0.2) is 27.9 Å². The molecule has 1 aliphatic carbocycles. The molecular formula is C13H12N2O4. The quantitative estimate of drug-likeness (QED) is 0.803. The van der Waals surface area contributed by atoms with Crippen LogP contribution in [0.15, 0.2) is 18.3 Å². The average Bonchev–Trinajstić information content (AvgIpc) is 2.84. The number of carbonyl (C=O) groups is 3. The van der Waals surface area contributed by atoms with Gasteiger partial charge in [-0.25, -0.2) is 14.7 Å². The smallest absolute Gasteiger partial charge is 0.339 e. The molecule has 1 aromatic rings. The van der Waals surface area contributed by atoms with E-state index in [0.29, 0.717) is 19.3 Å². The molecule has 2 amide bonds. The van der Waals surface area contributed by atoms with Crippen LogP contribution in [0.2, 0.25) is 0 Å². The fourth-order valence-electron chi connectivity index (χ4n) is 2.85. The van der Waals surface area contributed by atoms with Crippen LogP contribution >= 0.6 is 0 Å². The van der Waals surface area contributed by atoms with Crippen molar-refractivity contribution in [1.82, 2.24) is 4.98 Å². The molecule has 2 aliphatic rings. The lowest BCUT2D eigenvalue weighted by Gasteiger charge is -2.29. The van der Waals surface area contributed by atoms with Gasteiger partial charge in [0.15, 0.2) is 5.82 Å². The minimum atomic E-state index is -1.19. The third-order valence-electron chi connectivity index (χ3n) is 3.80. The van der Waals surface area contributed by atoms with E-state index in [0.717, 1.165) is 4.90 Å². The Labute approximate surface area is 109 Å². The van der Waals surface area contributed by atoms with Gasteiger partial charge in [0, 0.05) is 18.0 Å². The van der Waals surface area contributed by atoms with Crippen LogP contribution in [-0.2, 0) is 9.59 Å². The maximum Gasteiger partial charge on any atom is 0.339 e. The van der Waals surface area contributed by atoms with E-state index in [4.69, 9.17) is 5.11 Å². The van der Waals surface area contributed by atoms with Crippen molar-refractivity contribution < 1.29 is 19.5 Å².